The Morgan fingerprint density at radius 1 is 1.04 bits per heavy atom. The lowest BCUT2D eigenvalue weighted by Gasteiger charge is -2.13. The molecule has 0 spiro atoms. The molecule has 1 atom stereocenters. The predicted octanol–water partition coefficient (Wildman–Crippen LogP) is 4.09. The van der Waals surface area contributed by atoms with Crippen molar-refractivity contribution in [3.63, 3.8) is 0 Å². The van der Waals surface area contributed by atoms with Crippen LogP contribution >= 0.6 is 0 Å². The summed E-state index contributed by atoms with van der Waals surface area (Å²) in [4.78, 5) is 23.0. The summed E-state index contributed by atoms with van der Waals surface area (Å²) in [5.41, 5.74) is 1.80. The second-order valence-corrected chi connectivity index (χ2v) is 5.57. The highest BCUT2D eigenvalue weighted by Crippen LogP contribution is 2.26. The molecular formula is C20H21FO4. The number of hydrogen-bond donors (Lipinski definition) is 0. The van der Waals surface area contributed by atoms with Crippen LogP contribution in [-0.4, -0.2) is 25.2 Å². The lowest BCUT2D eigenvalue weighted by atomic mass is 9.97. The third kappa shape index (κ3) is 5.14. The highest BCUT2D eigenvalue weighted by molar-refractivity contribution is 5.78. The topological polar surface area (TPSA) is 52.6 Å². The smallest absolute Gasteiger partial charge is 0.313 e. The fourth-order valence-corrected chi connectivity index (χ4v) is 2.31. The largest absolute Gasteiger partial charge is 0.462 e. The molecule has 0 radical (unpaired) electrons. The maximum atomic E-state index is 14.4. The van der Waals surface area contributed by atoms with Crippen LogP contribution in [0, 0.1) is 5.82 Å². The van der Waals surface area contributed by atoms with E-state index in [0.717, 1.165) is 5.56 Å². The van der Waals surface area contributed by atoms with Crippen molar-refractivity contribution in [2.45, 2.75) is 26.2 Å². The summed E-state index contributed by atoms with van der Waals surface area (Å²) < 4.78 is 24.3. The van der Waals surface area contributed by atoms with Gasteiger partial charge in [-0.1, -0.05) is 49.4 Å². The van der Waals surface area contributed by atoms with Gasteiger partial charge in [-0.2, -0.15) is 0 Å². The molecule has 2 rings (SSSR count). The molecular weight excluding hydrogens is 323 g/mol. The number of carbonyl (C=O) groups is 2. The molecule has 0 amide bonds. The Morgan fingerprint density at radius 3 is 2.36 bits per heavy atom. The molecule has 2 aromatic carbocycles. The quantitative estimate of drug-likeness (QED) is 0.561. The molecule has 0 aromatic heterocycles. The first-order chi connectivity index (χ1) is 12.0. The van der Waals surface area contributed by atoms with E-state index in [9.17, 15) is 14.0 Å². The zero-order chi connectivity index (χ0) is 18.2. The molecule has 1 unspecified atom stereocenters. The molecule has 5 heteroatoms. The van der Waals surface area contributed by atoms with Crippen molar-refractivity contribution in [1.82, 2.24) is 0 Å². The maximum absolute atomic E-state index is 14.4. The van der Waals surface area contributed by atoms with Crippen molar-refractivity contribution in [3.05, 3.63) is 59.9 Å². The average molecular weight is 344 g/mol. The molecule has 2 aromatic rings. The van der Waals surface area contributed by atoms with E-state index in [2.05, 4.69) is 0 Å². The van der Waals surface area contributed by atoms with E-state index in [4.69, 9.17) is 9.47 Å². The van der Waals surface area contributed by atoms with E-state index in [1.165, 1.54) is 6.07 Å². The zero-order valence-electron chi connectivity index (χ0n) is 14.3. The summed E-state index contributed by atoms with van der Waals surface area (Å²) in [5, 5.41) is 0. The van der Waals surface area contributed by atoms with Crippen molar-refractivity contribution in [2.75, 3.05) is 13.2 Å². The van der Waals surface area contributed by atoms with Crippen LogP contribution in [-0.2, 0) is 19.1 Å². The van der Waals surface area contributed by atoms with Crippen LogP contribution in [0.3, 0.4) is 0 Å². The lowest BCUT2D eigenvalue weighted by Crippen LogP contribution is -2.17. The third-order valence-corrected chi connectivity index (χ3v) is 3.81. The van der Waals surface area contributed by atoms with Crippen molar-refractivity contribution in [1.29, 1.82) is 0 Å². The second-order valence-electron chi connectivity index (χ2n) is 5.57. The monoisotopic (exact) mass is 344 g/mol. The Labute approximate surface area is 146 Å². The van der Waals surface area contributed by atoms with Crippen LogP contribution in [0.5, 0.6) is 0 Å². The summed E-state index contributed by atoms with van der Waals surface area (Å²) in [5.74, 6) is -1.83. The molecule has 0 bridgehead atoms. The van der Waals surface area contributed by atoms with Crippen molar-refractivity contribution in [2.24, 2.45) is 0 Å². The standard InChI is InChI=1S/C20H21FO4/c1-3-19(22)24-11-12-25-20(23)14(2)16-9-10-17(18(21)13-16)15-7-5-4-6-8-15/h4-10,13-14H,3,11-12H2,1-2H3. The molecule has 0 aliphatic carbocycles. The van der Waals surface area contributed by atoms with E-state index in [-0.39, 0.29) is 31.4 Å². The molecule has 0 heterocycles. The van der Waals surface area contributed by atoms with Gasteiger partial charge in [-0.15, -0.1) is 0 Å². The number of hydrogen-bond acceptors (Lipinski definition) is 4. The van der Waals surface area contributed by atoms with Crippen LogP contribution in [0.4, 0.5) is 4.39 Å². The summed E-state index contributed by atoms with van der Waals surface area (Å²) in [6.07, 6.45) is 0.275. The SMILES string of the molecule is CCC(=O)OCCOC(=O)C(C)c1ccc(-c2ccccc2)c(F)c1. The van der Waals surface area contributed by atoms with Gasteiger partial charge in [-0.3, -0.25) is 9.59 Å². The first-order valence-corrected chi connectivity index (χ1v) is 8.20. The van der Waals surface area contributed by atoms with Gasteiger partial charge in [0.2, 0.25) is 0 Å². The van der Waals surface area contributed by atoms with Gasteiger partial charge in [0, 0.05) is 12.0 Å². The molecule has 0 fully saturated rings. The fraction of sp³-hybridized carbons (Fsp3) is 0.300. The minimum Gasteiger partial charge on any atom is -0.462 e. The Bertz CT molecular complexity index is 728. The van der Waals surface area contributed by atoms with E-state index in [1.54, 1.807) is 26.0 Å². The molecule has 0 saturated carbocycles. The number of benzene rings is 2. The number of rotatable bonds is 7. The van der Waals surface area contributed by atoms with Gasteiger partial charge in [0.1, 0.15) is 19.0 Å². The molecule has 4 nitrogen and oxygen atoms in total. The predicted molar refractivity (Wildman–Crippen MR) is 92.5 cm³/mol. The highest BCUT2D eigenvalue weighted by Gasteiger charge is 2.18. The van der Waals surface area contributed by atoms with Crippen LogP contribution in [0.25, 0.3) is 11.1 Å². The summed E-state index contributed by atoms with van der Waals surface area (Å²) in [6.45, 7) is 3.34. The first kappa shape index (κ1) is 18.6. The third-order valence-electron chi connectivity index (χ3n) is 3.81. The van der Waals surface area contributed by atoms with E-state index in [1.807, 2.05) is 30.3 Å². The number of carbonyl (C=O) groups excluding carboxylic acids is 2. The lowest BCUT2D eigenvalue weighted by molar-refractivity contribution is -0.152. The number of halogens is 1. The molecule has 0 aliphatic heterocycles. The van der Waals surface area contributed by atoms with Gasteiger partial charge < -0.3 is 9.47 Å². The number of esters is 2. The van der Waals surface area contributed by atoms with Crippen molar-refractivity contribution < 1.29 is 23.5 Å². The van der Waals surface area contributed by atoms with Crippen LogP contribution in [0.15, 0.2) is 48.5 Å². The van der Waals surface area contributed by atoms with Gasteiger partial charge in [-0.25, -0.2) is 4.39 Å². The van der Waals surface area contributed by atoms with Gasteiger partial charge in [0.15, 0.2) is 0 Å². The van der Waals surface area contributed by atoms with Crippen LogP contribution in [0.2, 0.25) is 0 Å². The van der Waals surface area contributed by atoms with Gasteiger partial charge in [0.05, 0.1) is 5.92 Å². The van der Waals surface area contributed by atoms with Crippen LogP contribution in [0.1, 0.15) is 31.7 Å². The fourth-order valence-electron chi connectivity index (χ4n) is 2.31. The Morgan fingerprint density at radius 2 is 1.72 bits per heavy atom. The van der Waals surface area contributed by atoms with Gasteiger partial charge in [-0.05, 0) is 24.1 Å². The Kier molecular flexibility index (Phi) is 6.69. The summed E-state index contributed by atoms with van der Waals surface area (Å²) in [6, 6.07) is 13.9. The normalized spacial score (nSPS) is 11.6. The molecule has 0 N–H and O–H groups in total. The van der Waals surface area contributed by atoms with Crippen molar-refractivity contribution >= 4 is 11.9 Å². The highest BCUT2D eigenvalue weighted by atomic mass is 19.1. The second kappa shape index (κ2) is 8.97. The van der Waals surface area contributed by atoms with Crippen molar-refractivity contribution in [3.8, 4) is 11.1 Å². The maximum Gasteiger partial charge on any atom is 0.313 e. The van der Waals surface area contributed by atoms with Gasteiger partial charge >= 0.3 is 11.9 Å². The Hall–Kier alpha value is -2.69. The van der Waals surface area contributed by atoms with Crippen LogP contribution < -0.4 is 0 Å². The van der Waals surface area contributed by atoms with E-state index in [0.29, 0.717) is 11.1 Å². The Balaban J connectivity index is 1.97. The minimum atomic E-state index is -0.610. The van der Waals surface area contributed by atoms with E-state index >= 15 is 0 Å². The minimum absolute atomic E-state index is 0.0144. The molecule has 0 aliphatic rings. The average Bonchev–Trinajstić information content (AvgIpc) is 2.64. The zero-order valence-corrected chi connectivity index (χ0v) is 14.3. The first-order valence-electron chi connectivity index (χ1n) is 8.20. The summed E-state index contributed by atoms with van der Waals surface area (Å²) >= 11 is 0. The number of ether oxygens (including phenoxy) is 2. The summed E-state index contributed by atoms with van der Waals surface area (Å²) in [7, 11) is 0. The van der Waals surface area contributed by atoms with Gasteiger partial charge in [0.25, 0.3) is 0 Å². The molecule has 25 heavy (non-hydrogen) atoms. The molecule has 0 saturated heterocycles. The van der Waals surface area contributed by atoms with E-state index < -0.39 is 11.9 Å². The molecule has 132 valence electrons.